The van der Waals surface area contributed by atoms with Crippen molar-refractivity contribution in [1.29, 1.82) is 0 Å². The van der Waals surface area contributed by atoms with Gasteiger partial charge in [-0.2, -0.15) is 0 Å². The van der Waals surface area contributed by atoms with Crippen LogP contribution in [0.1, 0.15) is 28.3 Å². The number of nitrogens with zero attached hydrogens (tertiary/aromatic N) is 1. The average Bonchev–Trinajstić information content (AvgIpc) is 2.69. The summed E-state index contributed by atoms with van der Waals surface area (Å²) in [5.41, 5.74) is 6.25. The fraction of sp³-hybridized carbons (Fsp3) is 0.692. The Morgan fingerprint density at radius 2 is 2.12 bits per heavy atom. The number of hydrogen-bond acceptors (Lipinski definition) is 4. The van der Waals surface area contributed by atoms with E-state index in [0.29, 0.717) is 5.25 Å². The molecule has 1 aromatic heterocycles. The van der Waals surface area contributed by atoms with Crippen molar-refractivity contribution in [3.8, 4) is 0 Å². The van der Waals surface area contributed by atoms with Gasteiger partial charge in [-0.3, -0.25) is 0 Å². The van der Waals surface area contributed by atoms with Crippen LogP contribution < -0.4 is 5.73 Å². The third-order valence-electron chi connectivity index (χ3n) is 2.74. The first-order chi connectivity index (χ1) is 8.04. The molecule has 2 N–H and O–H groups in total. The second-order valence-electron chi connectivity index (χ2n) is 4.62. The molecule has 1 rings (SSSR count). The number of thiophene rings is 1. The molecule has 0 saturated carbocycles. The molecule has 0 aliphatic heterocycles. The summed E-state index contributed by atoms with van der Waals surface area (Å²) in [6.45, 7) is 5.44. The van der Waals surface area contributed by atoms with E-state index in [-0.39, 0.29) is 6.04 Å². The van der Waals surface area contributed by atoms with Crippen molar-refractivity contribution < 1.29 is 0 Å². The van der Waals surface area contributed by atoms with Crippen LogP contribution in [-0.2, 0) is 0 Å². The van der Waals surface area contributed by atoms with Crippen molar-refractivity contribution in [2.45, 2.75) is 31.6 Å². The van der Waals surface area contributed by atoms with Crippen molar-refractivity contribution in [2.24, 2.45) is 5.73 Å². The van der Waals surface area contributed by atoms with Crippen LogP contribution in [0.2, 0.25) is 0 Å². The average molecular weight is 272 g/mol. The second-order valence-corrected chi connectivity index (χ2v) is 7.18. The molecule has 4 heteroatoms. The normalized spacial score (nSPS) is 15.2. The molecule has 98 valence electrons. The lowest BCUT2D eigenvalue weighted by atomic mass is 10.1. The molecule has 0 aliphatic carbocycles. The van der Waals surface area contributed by atoms with Gasteiger partial charge in [-0.05, 0) is 39.6 Å². The van der Waals surface area contributed by atoms with E-state index in [1.165, 1.54) is 9.75 Å². The van der Waals surface area contributed by atoms with Gasteiger partial charge in [0.2, 0.25) is 0 Å². The maximum atomic E-state index is 6.25. The molecule has 0 aliphatic rings. The highest BCUT2D eigenvalue weighted by atomic mass is 32.2. The summed E-state index contributed by atoms with van der Waals surface area (Å²) in [6, 6.07) is 4.70. The molecule has 1 aromatic rings. The zero-order chi connectivity index (χ0) is 12.8. The van der Waals surface area contributed by atoms with Crippen LogP contribution in [0.15, 0.2) is 12.1 Å². The molecule has 1 heterocycles. The molecule has 0 spiro atoms. The summed E-state index contributed by atoms with van der Waals surface area (Å²) in [6.07, 6.45) is 1.04. The molecule has 0 saturated heterocycles. The highest BCUT2D eigenvalue weighted by molar-refractivity contribution is 7.99. The first-order valence-corrected chi connectivity index (χ1v) is 7.99. The second kappa shape index (κ2) is 7.41. The molecule has 17 heavy (non-hydrogen) atoms. The minimum Gasteiger partial charge on any atom is -0.326 e. The van der Waals surface area contributed by atoms with E-state index in [9.17, 15) is 0 Å². The largest absolute Gasteiger partial charge is 0.326 e. The van der Waals surface area contributed by atoms with Crippen LogP contribution in [0, 0.1) is 6.92 Å². The van der Waals surface area contributed by atoms with Crippen LogP contribution in [0.4, 0.5) is 0 Å². The zero-order valence-electron chi connectivity index (χ0n) is 11.3. The molecular weight excluding hydrogens is 248 g/mol. The summed E-state index contributed by atoms with van der Waals surface area (Å²) in [4.78, 5) is 5.03. The minimum atomic E-state index is 0.264. The fourth-order valence-electron chi connectivity index (χ4n) is 1.60. The number of thioether (sulfide) groups is 1. The quantitative estimate of drug-likeness (QED) is 0.827. The Balaban J connectivity index is 2.61. The fourth-order valence-corrected chi connectivity index (χ4v) is 4.29. The molecule has 0 bridgehead atoms. The van der Waals surface area contributed by atoms with Crippen molar-refractivity contribution in [2.75, 3.05) is 26.4 Å². The van der Waals surface area contributed by atoms with Crippen LogP contribution in [0.5, 0.6) is 0 Å². The number of hydrogen-bond donors (Lipinski definition) is 1. The topological polar surface area (TPSA) is 29.3 Å². The molecule has 2 nitrogen and oxygen atoms in total. The van der Waals surface area contributed by atoms with Crippen molar-refractivity contribution in [1.82, 2.24) is 4.90 Å². The maximum absolute atomic E-state index is 6.25. The summed E-state index contributed by atoms with van der Waals surface area (Å²) < 4.78 is 0. The van der Waals surface area contributed by atoms with Gasteiger partial charge in [0.1, 0.15) is 0 Å². The third kappa shape index (κ3) is 5.00. The van der Waals surface area contributed by atoms with E-state index in [4.69, 9.17) is 5.73 Å². The predicted octanol–water partition coefficient (Wildman–Crippen LogP) is 3.13. The monoisotopic (exact) mass is 272 g/mol. The third-order valence-corrected chi connectivity index (χ3v) is 5.35. The lowest BCUT2D eigenvalue weighted by Crippen LogP contribution is -2.26. The summed E-state index contributed by atoms with van der Waals surface area (Å²) in [5.74, 6) is 1.14. The molecule has 0 aromatic carbocycles. The first-order valence-electron chi connectivity index (χ1n) is 6.12. The van der Waals surface area contributed by atoms with Gasteiger partial charge in [-0.15, -0.1) is 23.1 Å². The molecule has 0 amide bonds. The Bertz CT molecular complexity index is 323. The molecular formula is C13H24N2S2. The maximum Gasteiger partial charge on any atom is 0.0542 e. The lowest BCUT2D eigenvalue weighted by molar-refractivity contribution is 0.437. The van der Waals surface area contributed by atoms with Gasteiger partial charge in [0.25, 0.3) is 0 Å². The van der Waals surface area contributed by atoms with Gasteiger partial charge in [-0.25, -0.2) is 0 Å². The van der Waals surface area contributed by atoms with E-state index in [0.717, 1.165) is 18.7 Å². The highest BCUT2D eigenvalue weighted by Crippen LogP contribution is 2.36. The van der Waals surface area contributed by atoms with E-state index in [1.807, 2.05) is 23.1 Å². The number of nitrogens with two attached hydrogens (primary N) is 1. The Labute approximate surface area is 114 Å². The Morgan fingerprint density at radius 3 is 2.59 bits per heavy atom. The molecule has 0 radical (unpaired) electrons. The number of rotatable bonds is 7. The minimum absolute atomic E-state index is 0.264. The molecule has 2 unspecified atom stereocenters. The lowest BCUT2D eigenvalue weighted by Gasteiger charge is -2.22. The summed E-state index contributed by atoms with van der Waals surface area (Å²) in [5, 5.41) is 0.457. The smallest absolute Gasteiger partial charge is 0.0542 e. The van der Waals surface area contributed by atoms with Gasteiger partial charge in [0.15, 0.2) is 0 Å². The highest BCUT2D eigenvalue weighted by Gasteiger charge is 2.20. The molecule has 0 fully saturated rings. The first kappa shape index (κ1) is 15.0. The van der Waals surface area contributed by atoms with Crippen LogP contribution in [-0.4, -0.2) is 37.3 Å². The van der Waals surface area contributed by atoms with Gasteiger partial charge >= 0.3 is 0 Å². The van der Waals surface area contributed by atoms with E-state index in [2.05, 4.69) is 45.0 Å². The van der Waals surface area contributed by atoms with Crippen molar-refractivity contribution >= 4 is 23.1 Å². The Kier molecular flexibility index (Phi) is 6.55. The summed E-state index contributed by atoms with van der Waals surface area (Å²) in [7, 11) is 4.23. The number of aryl methyl sites for hydroxylation is 1. The van der Waals surface area contributed by atoms with Crippen LogP contribution >= 0.6 is 23.1 Å². The van der Waals surface area contributed by atoms with Crippen LogP contribution in [0.3, 0.4) is 0 Å². The van der Waals surface area contributed by atoms with Crippen molar-refractivity contribution in [3.05, 3.63) is 21.9 Å². The zero-order valence-corrected chi connectivity index (χ0v) is 12.9. The molecule has 2 atom stereocenters. The standard InChI is InChI=1S/C13H24N2S2/c1-5-11(14)13(16-9-8-15(3)4)12-7-6-10(2)17-12/h6-7,11,13H,5,8-9,14H2,1-4H3. The van der Waals surface area contributed by atoms with E-state index >= 15 is 0 Å². The van der Waals surface area contributed by atoms with E-state index in [1.54, 1.807) is 0 Å². The van der Waals surface area contributed by atoms with Gasteiger partial charge in [0, 0.05) is 28.1 Å². The van der Waals surface area contributed by atoms with Gasteiger partial charge in [-0.1, -0.05) is 6.92 Å². The Morgan fingerprint density at radius 1 is 1.41 bits per heavy atom. The van der Waals surface area contributed by atoms with Crippen molar-refractivity contribution in [3.63, 3.8) is 0 Å². The van der Waals surface area contributed by atoms with E-state index < -0.39 is 0 Å². The summed E-state index contributed by atoms with van der Waals surface area (Å²) >= 11 is 3.88. The predicted molar refractivity (Wildman–Crippen MR) is 81.1 cm³/mol. The van der Waals surface area contributed by atoms with Gasteiger partial charge < -0.3 is 10.6 Å². The Hall–Kier alpha value is -0.0300. The SMILES string of the molecule is CCC(N)C(SCCN(C)C)c1ccc(C)s1. The van der Waals surface area contributed by atoms with Gasteiger partial charge in [0.05, 0.1) is 5.25 Å². The van der Waals surface area contributed by atoms with Crippen LogP contribution in [0.25, 0.3) is 0 Å².